The monoisotopic (exact) mass is 617 g/mol. The minimum absolute atomic E-state index is 0.598. The van der Waals surface area contributed by atoms with Gasteiger partial charge >= 0.3 is 0 Å². The Morgan fingerprint density at radius 3 is 2.02 bits per heavy atom. The van der Waals surface area contributed by atoms with Crippen LogP contribution in [0.4, 0.5) is 0 Å². The van der Waals surface area contributed by atoms with Crippen LogP contribution in [0.1, 0.15) is 0 Å². The molecule has 0 aliphatic carbocycles. The lowest BCUT2D eigenvalue weighted by molar-refractivity contribution is 1.08. The van der Waals surface area contributed by atoms with E-state index in [9.17, 15) is 0 Å². The molecular formula is C41H23N5S. The summed E-state index contributed by atoms with van der Waals surface area (Å²) in [6.07, 6.45) is 3.62. The second-order valence-electron chi connectivity index (χ2n) is 11.7. The first-order valence-corrected chi connectivity index (χ1v) is 16.3. The van der Waals surface area contributed by atoms with Gasteiger partial charge in [-0.1, -0.05) is 84.9 Å². The Morgan fingerprint density at radius 1 is 0.404 bits per heavy atom. The number of pyridine rings is 2. The molecule has 0 aliphatic rings. The molecule has 6 heteroatoms. The molecule has 5 nitrogen and oxygen atoms in total. The summed E-state index contributed by atoms with van der Waals surface area (Å²) in [4.78, 5) is 25.1. The summed E-state index contributed by atoms with van der Waals surface area (Å²) in [6, 6.07) is 44.5. The summed E-state index contributed by atoms with van der Waals surface area (Å²) in [6.45, 7) is 0. The van der Waals surface area contributed by atoms with Gasteiger partial charge in [0.05, 0.1) is 11.0 Å². The molecule has 0 amide bonds. The van der Waals surface area contributed by atoms with Gasteiger partial charge in [0, 0.05) is 65.4 Å². The molecule has 4 heterocycles. The number of aromatic nitrogens is 5. The van der Waals surface area contributed by atoms with Gasteiger partial charge in [0.1, 0.15) is 0 Å². The third kappa shape index (κ3) is 4.12. The zero-order chi connectivity index (χ0) is 30.9. The molecule has 6 aromatic carbocycles. The van der Waals surface area contributed by atoms with E-state index in [1.54, 1.807) is 11.3 Å². The second-order valence-corrected chi connectivity index (χ2v) is 12.8. The molecule has 0 unspecified atom stereocenters. The van der Waals surface area contributed by atoms with Crippen molar-refractivity contribution in [1.82, 2.24) is 24.9 Å². The summed E-state index contributed by atoms with van der Waals surface area (Å²) in [7, 11) is 0. The highest BCUT2D eigenvalue weighted by Crippen LogP contribution is 2.39. The van der Waals surface area contributed by atoms with Crippen LogP contribution in [0, 0.1) is 0 Å². The fourth-order valence-corrected chi connectivity index (χ4v) is 7.90. The maximum atomic E-state index is 5.25. The van der Waals surface area contributed by atoms with E-state index >= 15 is 0 Å². The molecule has 0 atom stereocenters. The van der Waals surface area contributed by atoms with Crippen molar-refractivity contribution >= 4 is 74.9 Å². The van der Waals surface area contributed by atoms with Gasteiger partial charge in [-0.2, -0.15) is 0 Å². The lowest BCUT2D eigenvalue weighted by atomic mass is 9.97. The number of hydrogen-bond acceptors (Lipinski definition) is 6. The maximum absolute atomic E-state index is 5.25. The van der Waals surface area contributed by atoms with Gasteiger partial charge in [-0.25, -0.2) is 15.0 Å². The smallest absolute Gasteiger partial charge is 0.164 e. The third-order valence-electron chi connectivity index (χ3n) is 8.98. The Morgan fingerprint density at radius 2 is 1.09 bits per heavy atom. The van der Waals surface area contributed by atoms with Gasteiger partial charge in [-0.15, -0.1) is 11.3 Å². The van der Waals surface area contributed by atoms with Crippen LogP contribution < -0.4 is 0 Å². The highest BCUT2D eigenvalue weighted by molar-refractivity contribution is 7.25. The quantitative estimate of drug-likeness (QED) is 0.185. The van der Waals surface area contributed by atoms with E-state index in [0.717, 1.165) is 49.3 Å². The maximum Gasteiger partial charge on any atom is 0.164 e. The lowest BCUT2D eigenvalue weighted by Crippen LogP contribution is -2.01. The normalized spacial score (nSPS) is 11.8. The highest BCUT2D eigenvalue weighted by atomic mass is 32.1. The van der Waals surface area contributed by atoms with Crippen LogP contribution in [0.5, 0.6) is 0 Å². The second kappa shape index (κ2) is 10.2. The minimum atomic E-state index is 0.598. The molecule has 0 saturated heterocycles. The first kappa shape index (κ1) is 26.1. The SMILES string of the molecule is c1ccc2c(c1)ccc1cccc(-c3nc(-c4ccc5sc6ccccc6c5c4)nc(-c4cc5cccnc5c5ncccc45)n3)c12. The van der Waals surface area contributed by atoms with Gasteiger partial charge < -0.3 is 0 Å². The standard InChI is InChI=1S/C41H23N5S/c1-2-11-28-24(8-1)16-17-25-9-5-13-31(36(25)28)40-44-39(27-18-19-35-32(23-27)29-12-3-4-15-34(29)47-35)45-41(46-40)33-22-26-10-6-20-42-37(26)38-30(33)14-7-21-43-38/h1-23H. The summed E-state index contributed by atoms with van der Waals surface area (Å²) < 4.78 is 2.51. The van der Waals surface area contributed by atoms with Crippen molar-refractivity contribution in [3.8, 4) is 34.2 Å². The van der Waals surface area contributed by atoms with Crippen molar-refractivity contribution in [2.45, 2.75) is 0 Å². The van der Waals surface area contributed by atoms with E-state index in [0.29, 0.717) is 17.5 Å². The van der Waals surface area contributed by atoms with Crippen LogP contribution in [0.3, 0.4) is 0 Å². The zero-order valence-corrected chi connectivity index (χ0v) is 25.7. The van der Waals surface area contributed by atoms with Gasteiger partial charge in [0.25, 0.3) is 0 Å². The first-order valence-electron chi connectivity index (χ1n) is 15.5. The topological polar surface area (TPSA) is 64.5 Å². The van der Waals surface area contributed by atoms with Crippen molar-refractivity contribution in [1.29, 1.82) is 0 Å². The predicted molar refractivity (Wildman–Crippen MR) is 195 cm³/mol. The molecule has 47 heavy (non-hydrogen) atoms. The van der Waals surface area contributed by atoms with Crippen LogP contribution in [-0.2, 0) is 0 Å². The third-order valence-corrected chi connectivity index (χ3v) is 10.1. The van der Waals surface area contributed by atoms with Crippen molar-refractivity contribution in [2.75, 3.05) is 0 Å². The number of hydrogen-bond donors (Lipinski definition) is 0. The largest absolute Gasteiger partial charge is 0.254 e. The average molecular weight is 618 g/mol. The van der Waals surface area contributed by atoms with Crippen molar-refractivity contribution in [2.24, 2.45) is 0 Å². The number of fused-ring (bicyclic) bond motifs is 9. The molecule has 0 aliphatic heterocycles. The molecule has 10 aromatic rings. The summed E-state index contributed by atoms with van der Waals surface area (Å²) in [5.41, 5.74) is 4.49. The molecule has 0 fully saturated rings. The van der Waals surface area contributed by atoms with E-state index in [4.69, 9.17) is 19.9 Å². The number of rotatable bonds is 3. The molecular weight excluding hydrogens is 595 g/mol. The van der Waals surface area contributed by atoms with Crippen molar-refractivity contribution in [3.63, 3.8) is 0 Å². The predicted octanol–water partition coefficient (Wildman–Crippen LogP) is 10.6. The van der Waals surface area contributed by atoms with Crippen molar-refractivity contribution in [3.05, 3.63) is 140 Å². The molecule has 10 rings (SSSR count). The number of benzene rings is 6. The molecule has 0 bridgehead atoms. The van der Waals surface area contributed by atoms with Crippen LogP contribution in [-0.4, -0.2) is 24.9 Å². The lowest BCUT2D eigenvalue weighted by Gasteiger charge is -2.13. The fraction of sp³-hybridized carbons (Fsp3) is 0. The molecule has 0 spiro atoms. The number of nitrogens with zero attached hydrogens (tertiary/aromatic N) is 5. The van der Waals surface area contributed by atoms with Crippen LogP contribution >= 0.6 is 11.3 Å². The Labute approximate surface area is 272 Å². The van der Waals surface area contributed by atoms with Gasteiger partial charge in [-0.05, 0) is 58.6 Å². The number of thiophene rings is 1. The fourth-order valence-electron chi connectivity index (χ4n) is 6.82. The molecule has 218 valence electrons. The summed E-state index contributed by atoms with van der Waals surface area (Å²) in [5, 5.41) is 8.99. The van der Waals surface area contributed by atoms with Crippen LogP contribution in [0.2, 0.25) is 0 Å². The Bertz CT molecular complexity index is 2850. The molecule has 0 N–H and O–H groups in total. The Kier molecular flexibility index (Phi) is 5.68. The Balaban J connectivity index is 1.30. The van der Waals surface area contributed by atoms with Crippen LogP contribution in [0.25, 0.3) is 97.7 Å². The highest BCUT2D eigenvalue weighted by Gasteiger charge is 2.19. The van der Waals surface area contributed by atoms with Gasteiger partial charge in [-0.3, -0.25) is 9.97 Å². The van der Waals surface area contributed by atoms with Crippen molar-refractivity contribution < 1.29 is 0 Å². The molecule has 4 aromatic heterocycles. The summed E-state index contributed by atoms with van der Waals surface area (Å²) >= 11 is 1.80. The van der Waals surface area contributed by atoms with E-state index < -0.39 is 0 Å². The van der Waals surface area contributed by atoms with E-state index in [-0.39, 0.29) is 0 Å². The van der Waals surface area contributed by atoms with E-state index in [1.807, 2.05) is 24.5 Å². The Hall–Kier alpha value is -6.11. The zero-order valence-electron chi connectivity index (χ0n) is 24.9. The van der Waals surface area contributed by atoms with E-state index in [1.165, 1.54) is 30.9 Å². The van der Waals surface area contributed by atoms with Gasteiger partial charge in [0.15, 0.2) is 17.5 Å². The average Bonchev–Trinajstić information content (AvgIpc) is 3.52. The summed E-state index contributed by atoms with van der Waals surface area (Å²) in [5.74, 6) is 1.86. The van der Waals surface area contributed by atoms with E-state index in [2.05, 4.69) is 120 Å². The van der Waals surface area contributed by atoms with Gasteiger partial charge in [0.2, 0.25) is 0 Å². The molecule has 0 radical (unpaired) electrons. The molecule has 0 saturated carbocycles. The van der Waals surface area contributed by atoms with Crippen LogP contribution in [0.15, 0.2) is 140 Å². The first-order chi connectivity index (χ1) is 23.3. The minimum Gasteiger partial charge on any atom is -0.254 e.